The number of methoxy groups -OCH3 is 1. The van der Waals surface area contributed by atoms with Gasteiger partial charge in [0.2, 0.25) is 5.91 Å². The van der Waals surface area contributed by atoms with Gasteiger partial charge in [0.1, 0.15) is 0 Å². The molecule has 0 atom stereocenters. The molecule has 2 N–H and O–H groups in total. The van der Waals surface area contributed by atoms with Crippen LogP contribution in [0.3, 0.4) is 0 Å². The lowest BCUT2D eigenvalue weighted by Crippen LogP contribution is -2.14. The molecule has 0 unspecified atom stereocenters. The standard InChI is InChI=1S/C19H20N2O5/c1-12(2)26-18-13(7-6-10-17(18)25-3)11-15(19(20)22)14-8-4-5-9-16(14)21(23)24/h4-12H,1-3H3,(H2,20,22)/b15-11+. The van der Waals surface area contributed by atoms with Gasteiger partial charge in [0.05, 0.1) is 29.3 Å². The number of rotatable bonds is 7. The van der Waals surface area contributed by atoms with E-state index in [1.807, 2.05) is 13.8 Å². The first-order chi connectivity index (χ1) is 12.3. The van der Waals surface area contributed by atoms with Crippen molar-refractivity contribution in [3.8, 4) is 11.5 Å². The third kappa shape index (κ3) is 4.18. The van der Waals surface area contributed by atoms with Crippen LogP contribution in [0.15, 0.2) is 42.5 Å². The molecule has 2 rings (SSSR count). The van der Waals surface area contributed by atoms with Crippen molar-refractivity contribution in [1.82, 2.24) is 0 Å². The van der Waals surface area contributed by atoms with Gasteiger partial charge in [-0.05, 0) is 32.1 Å². The molecule has 2 aromatic carbocycles. The molecule has 0 bridgehead atoms. The Bertz CT molecular complexity index is 859. The summed E-state index contributed by atoms with van der Waals surface area (Å²) in [5, 5.41) is 11.3. The number of carbonyl (C=O) groups is 1. The lowest BCUT2D eigenvalue weighted by atomic mass is 10.00. The SMILES string of the molecule is COc1cccc(/C=C(/C(N)=O)c2ccccc2[N+](=O)[O-])c1OC(C)C. The highest BCUT2D eigenvalue weighted by molar-refractivity contribution is 6.24. The van der Waals surface area contributed by atoms with Crippen LogP contribution in [0.1, 0.15) is 25.0 Å². The Morgan fingerprint density at radius 1 is 1.19 bits per heavy atom. The van der Waals surface area contributed by atoms with E-state index in [4.69, 9.17) is 15.2 Å². The van der Waals surface area contributed by atoms with Crippen LogP contribution >= 0.6 is 0 Å². The first kappa shape index (κ1) is 19.0. The number of benzene rings is 2. The Morgan fingerprint density at radius 3 is 2.46 bits per heavy atom. The van der Waals surface area contributed by atoms with Gasteiger partial charge in [0.15, 0.2) is 11.5 Å². The fourth-order valence-corrected chi connectivity index (χ4v) is 2.47. The van der Waals surface area contributed by atoms with E-state index in [2.05, 4.69) is 0 Å². The van der Waals surface area contributed by atoms with Gasteiger partial charge < -0.3 is 15.2 Å². The maximum atomic E-state index is 12.0. The summed E-state index contributed by atoms with van der Waals surface area (Å²) in [7, 11) is 1.51. The molecule has 2 aromatic rings. The summed E-state index contributed by atoms with van der Waals surface area (Å²) in [4.78, 5) is 22.8. The number of para-hydroxylation sites is 2. The summed E-state index contributed by atoms with van der Waals surface area (Å²) in [6, 6.07) is 11.1. The molecule has 0 heterocycles. The molecule has 0 aliphatic heterocycles. The summed E-state index contributed by atoms with van der Waals surface area (Å²) in [5.41, 5.74) is 5.99. The average molecular weight is 356 g/mol. The largest absolute Gasteiger partial charge is 0.493 e. The van der Waals surface area contributed by atoms with E-state index >= 15 is 0 Å². The second-order valence-electron chi connectivity index (χ2n) is 5.74. The lowest BCUT2D eigenvalue weighted by molar-refractivity contribution is -0.385. The maximum absolute atomic E-state index is 12.0. The Labute approximate surface area is 151 Å². The molecule has 7 nitrogen and oxygen atoms in total. The minimum Gasteiger partial charge on any atom is -0.493 e. The third-order valence-corrected chi connectivity index (χ3v) is 3.54. The van der Waals surface area contributed by atoms with E-state index < -0.39 is 10.8 Å². The number of carbonyl (C=O) groups excluding carboxylic acids is 1. The van der Waals surface area contributed by atoms with Crippen molar-refractivity contribution in [3.63, 3.8) is 0 Å². The van der Waals surface area contributed by atoms with Crippen molar-refractivity contribution >= 4 is 23.2 Å². The molecule has 0 saturated heterocycles. The highest BCUT2D eigenvalue weighted by Crippen LogP contribution is 2.35. The molecule has 136 valence electrons. The number of nitrogens with two attached hydrogens (primary N) is 1. The predicted molar refractivity (Wildman–Crippen MR) is 98.9 cm³/mol. The van der Waals surface area contributed by atoms with Crippen molar-refractivity contribution in [2.45, 2.75) is 20.0 Å². The highest BCUT2D eigenvalue weighted by Gasteiger charge is 2.21. The predicted octanol–water partition coefficient (Wildman–Crippen LogP) is 3.42. The minimum atomic E-state index is -0.780. The Kier molecular flexibility index (Phi) is 5.95. The second kappa shape index (κ2) is 8.15. The molecule has 0 spiro atoms. The number of nitro benzene ring substituents is 1. The van der Waals surface area contributed by atoms with Gasteiger partial charge in [-0.15, -0.1) is 0 Å². The van der Waals surface area contributed by atoms with E-state index in [1.54, 1.807) is 24.3 Å². The first-order valence-corrected chi connectivity index (χ1v) is 7.94. The van der Waals surface area contributed by atoms with Crippen LogP contribution in [0.5, 0.6) is 11.5 Å². The number of amides is 1. The summed E-state index contributed by atoms with van der Waals surface area (Å²) in [6.45, 7) is 3.72. The number of hydrogen-bond acceptors (Lipinski definition) is 5. The van der Waals surface area contributed by atoms with Gasteiger partial charge in [0.25, 0.3) is 5.69 Å². The van der Waals surface area contributed by atoms with Crippen LogP contribution in [0.4, 0.5) is 5.69 Å². The van der Waals surface area contributed by atoms with Gasteiger partial charge in [-0.2, -0.15) is 0 Å². The van der Waals surface area contributed by atoms with Crippen molar-refractivity contribution in [2.75, 3.05) is 7.11 Å². The maximum Gasteiger partial charge on any atom is 0.277 e. The van der Waals surface area contributed by atoms with E-state index in [9.17, 15) is 14.9 Å². The van der Waals surface area contributed by atoms with E-state index in [0.717, 1.165) is 0 Å². The van der Waals surface area contributed by atoms with Crippen molar-refractivity contribution in [1.29, 1.82) is 0 Å². The fourth-order valence-electron chi connectivity index (χ4n) is 2.47. The zero-order valence-electron chi connectivity index (χ0n) is 14.8. The topological polar surface area (TPSA) is 105 Å². The summed E-state index contributed by atoms with van der Waals surface area (Å²) >= 11 is 0. The van der Waals surface area contributed by atoms with Crippen LogP contribution in [0.25, 0.3) is 11.6 Å². The molecule has 0 aliphatic rings. The van der Waals surface area contributed by atoms with Gasteiger partial charge in [-0.25, -0.2) is 0 Å². The number of nitro groups is 1. The number of primary amides is 1. The average Bonchev–Trinajstić information content (AvgIpc) is 2.59. The zero-order valence-corrected chi connectivity index (χ0v) is 14.8. The third-order valence-electron chi connectivity index (χ3n) is 3.54. The van der Waals surface area contributed by atoms with Crippen molar-refractivity contribution in [3.05, 3.63) is 63.7 Å². The first-order valence-electron chi connectivity index (χ1n) is 7.94. The molecule has 0 fully saturated rings. The van der Waals surface area contributed by atoms with Crippen LogP contribution in [-0.4, -0.2) is 24.0 Å². The molecule has 1 amide bonds. The molecule has 0 radical (unpaired) electrons. The Balaban J connectivity index is 2.69. The quantitative estimate of drug-likeness (QED) is 0.354. The van der Waals surface area contributed by atoms with Crippen LogP contribution < -0.4 is 15.2 Å². The van der Waals surface area contributed by atoms with Gasteiger partial charge >= 0.3 is 0 Å². The molecule has 0 aliphatic carbocycles. The van der Waals surface area contributed by atoms with E-state index in [0.29, 0.717) is 17.1 Å². The smallest absolute Gasteiger partial charge is 0.277 e. The van der Waals surface area contributed by atoms with Crippen LogP contribution in [0.2, 0.25) is 0 Å². The molecule has 26 heavy (non-hydrogen) atoms. The Hall–Kier alpha value is -3.35. The van der Waals surface area contributed by atoms with E-state index in [1.165, 1.54) is 31.4 Å². The lowest BCUT2D eigenvalue weighted by Gasteiger charge is -2.16. The zero-order chi connectivity index (χ0) is 19.3. The molecular weight excluding hydrogens is 336 g/mol. The van der Waals surface area contributed by atoms with Crippen LogP contribution in [-0.2, 0) is 4.79 Å². The van der Waals surface area contributed by atoms with E-state index in [-0.39, 0.29) is 22.9 Å². The normalized spacial score (nSPS) is 11.3. The molecule has 0 aromatic heterocycles. The minimum absolute atomic E-state index is 0.0131. The summed E-state index contributed by atoms with van der Waals surface area (Å²) in [5.74, 6) is 0.138. The van der Waals surface area contributed by atoms with Gasteiger partial charge in [-0.1, -0.05) is 24.3 Å². The Morgan fingerprint density at radius 2 is 1.88 bits per heavy atom. The van der Waals surface area contributed by atoms with Gasteiger partial charge in [-0.3, -0.25) is 14.9 Å². The number of nitrogens with zero attached hydrogens (tertiary/aromatic N) is 1. The van der Waals surface area contributed by atoms with Crippen LogP contribution in [0, 0.1) is 10.1 Å². The second-order valence-corrected chi connectivity index (χ2v) is 5.74. The monoisotopic (exact) mass is 356 g/mol. The summed E-state index contributed by atoms with van der Waals surface area (Å²) in [6.07, 6.45) is 1.34. The molecule has 0 saturated carbocycles. The van der Waals surface area contributed by atoms with Gasteiger partial charge in [0, 0.05) is 11.6 Å². The highest BCUT2D eigenvalue weighted by atomic mass is 16.6. The fraction of sp³-hybridized carbons (Fsp3) is 0.211. The van der Waals surface area contributed by atoms with Crippen molar-refractivity contribution in [2.24, 2.45) is 5.73 Å². The number of hydrogen-bond donors (Lipinski definition) is 1. The number of ether oxygens (including phenoxy) is 2. The summed E-state index contributed by atoms with van der Waals surface area (Å²) < 4.78 is 11.1. The van der Waals surface area contributed by atoms with Crippen molar-refractivity contribution < 1.29 is 19.2 Å². The molecule has 7 heteroatoms. The molecular formula is C19H20N2O5.